The lowest BCUT2D eigenvalue weighted by Crippen LogP contribution is -2.15. The van der Waals surface area contributed by atoms with Crippen LogP contribution in [0, 0.1) is 0 Å². The van der Waals surface area contributed by atoms with Gasteiger partial charge in [0.2, 0.25) is 0 Å². The summed E-state index contributed by atoms with van der Waals surface area (Å²) in [4.78, 5) is 10.6. The van der Waals surface area contributed by atoms with E-state index in [2.05, 4.69) is 39.4 Å². The fourth-order valence-corrected chi connectivity index (χ4v) is 1.75. The summed E-state index contributed by atoms with van der Waals surface area (Å²) in [7, 11) is 0. The van der Waals surface area contributed by atoms with Gasteiger partial charge in [-0.15, -0.1) is 0 Å². The van der Waals surface area contributed by atoms with Crippen molar-refractivity contribution in [2.75, 3.05) is 0 Å². The SMILES string of the molecule is O=C(Br)NCc1cccc2ccccc12. The first kappa shape index (κ1) is 10.2. The maximum atomic E-state index is 10.8. The first-order valence-corrected chi connectivity index (χ1v) is 5.46. The van der Waals surface area contributed by atoms with Crippen LogP contribution >= 0.6 is 15.9 Å². The smallest absolute Gasteiger partial charge is 0.287 e. The van der Waals surface area contributed by atoms with E-state index >= 15 is 0 Å². The molecule has 0 aromatic heterocycles. The lowest BCUT2D eigenvalue weighted by atomic mass is 10.0. The Labute approximate surface area is 96.4 Å². The van der Waals surface area contributed by atoms with Crippen LogP contribution in [-0.2, 0) is 6.54 Å². The molecule has 2 nitrogen and oxygen atoms in total. The number of benzene rings is 2. The Kier molecular flexibility index (Phi) is 3.02. The molecular formula is C12H10BrNO. The van der Waals surface area contributed by atoms with E-state index in [1.807, 2.05) is 24.3 Å². The van der Waals surface area contributed by atoms with Crippen molar-refractivity contribution in [3.8, 4) is 0 Å². The Morgan fingerprint density at radius 3 is 2.67 bits per heavy atom. The fourth-order valence-electron chi connectivity index (χ4n) is 1.61. The molecule has 2 aromatic carbocycles. The Bertz CT molecular complexity index is 490. The average Bonchev–Trinajstić information content (AvgIpc) is 2.26. The molecule has 0 saturated heterocycles. The highest BCUT2D eigenvalue weighted by molar-refractivity contribution is 9.18. The largest absolute Gasteiger partial charge is 0.343 e. The van der Waals surface area contributed by atoms with Gasteiger partial charge in [-0.1, -0.05) is 42.5 Å². The van der Waals surface area contributed by atoms with E-state index < -0.39 is 0 Å². The summed E-state index contributed by atoms with van der Waals surface area (Å²) in [6.45, 7) is 0.547. The summed E-state index contributed by atoms with van der Waals surface area (Å²) in [6, 6.07) is 14.2. The molecule has 0 heterocycles. The van der Waals surface area contributed by atoms with Gasteiger partial charge in [0.25, 0.3) is 4.82 Å². The molecular weight excluding hydrogens is 254 g/mol. The van der Waals surface area contributed by atoms with Crippen LogP contribution in [0.25, 0.3) is 10.8 Å². The minimum Gasteiger partial charge on any atom is -0.343 e. The third-order valence-electron chi connectivity index (χ3n) is 2.30. The van der Waals surface area contributed by atoms with Crippen molar-refractivity contribution in [2.45, 2.75) is 6.54 Å². The maximum Gasteiger partial charge on any atom is 0.287 e. The van der Waals surface area contributed by atoms with Gasteiger partial charge in [-0.3, -0.25) is 4.79 Å². The predicted molar refractivity (Wildman–Crippen MR) is 65.1 cm³/mol. The lowest BCUT2D eigenvalue weighted by molar-refractivity contribution is 0.261. The van der Waals surface area contributed by atoms with Crippen LogP contribution in [0.15, 0.2) is 42.5 Å². The molecule has 0 radical (unpaired) electrons. The van der Waals surface area contributed by atoms with Crippen molar-refractivity contribution in [3.63, 3.8) is 0 Å². The van der Waals surface area contributed by atoms with Gasteiger partial charge in [-0.05, 0) is 16.3 Å². The zero-order valence-corrected chi connectivity index (χ0v) is 9.62. The van der Waals surface area contributed by atoms with Crippen molar-refractivity contribution in [2.24, 2.45) is 0 Å². The minimum atomic E-state index is -0.185. The third-order valence-corrected chi connectivity index (χ3v) is 2.58. The molecule has 0 saturated carbocycles. The molecule has 0 aliphatic heterocycles. The molecule has 1 N–H and O–H groups in total. The Hall–Kier alpha value is -1.35. The standard InChI is InChI=1S/C12H10BrNO/c13-12(15)14-8-10-6-3-5-9-4-1-2-7-11(9)10/h1-7H,8H2,(H,14,15). The fraction of sp³-hybridized carbons (Fsp3) is 0.0833. The number of rotatable bonds is 2. The monoisotopic (exact) mass is 263 g/mol. The van der Waals surface area contributed by atoms with Gasteiger partial charge in [0.1, 0.15) is 0 Å². The van der Waals surface area contributed by atoms with Gasteiger partial charge >= 0.3 is 0 Å². The van der Waals surface area contributed by atoms with E-state index in [0.717, 1.165) is 5.56 Å². The van der Waals surface area contributed by atoms with E-state index in [1.54, 1.807) is 0 Å². The van der Waals surface area contributed by atoms with E-state index in [-0.39, 0.29) is 4.82 Å². The molecule has 2 aromatic rings. The highest BCUT2D eigenvalue weighted by Gasteiger charge is 2.00. The molecule has 0 unspecified atom stereocenters. The van der Waals surface area contributed by atoms with Crippen LogP contribution in [-0.4, -0.2) is 4.82 Å². The van der Waals surface area contributed by atoms with Crippen molar-refractivity contribution in [1.29, 1.82) is 0 Å². The Balaban J connectivity index is 2.38. The first-order chi connectivity index (χ1) is 7.27. The number of hydrogen-bond donors (Lipinski definition) is 1. The molecule has 3 heteroatoms. The molecule has 0 aliphatic rings. The second-order valence-corrected chi connectivity index (χ2v) is 3.99. The van der Waals surface area contributed by atoms with Gasteiger partial charge < -0.3 is 5.32 Å². The van der Waals surface area contributed by atoms with E-state index in [1.165, 1.54) is 10.8 Å². The van der Waals surface area contributed by atoms with Gasteiger partial charge in [-0.25, -0.2) is 0 Å². The zero-order chi connectivity index (χ0) is 10.7. The zero-order valence-electron chi connectivity index (χ0n) is 8.03. The topological polar surface area (TPSA) is 29.1 Å². The van der Waals surface area contributed by atoms with Crippen molar-refractivity contribution < 1.29 is 4.79 Å². The van der Waals surface area contributed by atoms with Crippen molar-refractivity contribution in [1.82, 2.24) is 5.32 Å². The number of fused-ring (bicyclic) bond motifs is 1. The summed E-state index contributed by atoms with van der Waals surface area (Å²) < 4.78 is 0. The van der Waals surface area contributed by atoms with Gasteiger partial charge in [-0.2, -0.15) is 0 Å². The number of carbonyl (C=O) groups is 1. The van der Waals surface area contributed by atoms with Gasteiger partial charge in [0.15, 0.2) is 0 Å². The highest BCUT2D eigenvalue weighted by atomic mass is 79.9. The van der Waals surface area contributed by atoms with Crippen molar-refractivity contribution in [3.05, 3.63) is 48.0 Å². The molecule has 0 atom stereocenters. The molecule has 76 valence electrons. The second kappa shape index (κ2) is 4.45. The van der Waals surface area contributed by atoms with Crippen LogP contribution in [0.5, 0.6) is 0 Å². The van der Waals surface area contributed by atoms with Crippen LogP contribution in [0.4, 0.5) is 4.79 Å². The number of nitrogens with one attached hydrogen (secondary N) is 1. The van der Waals surface area contributed by atoms with E-state index in [0.29, 0.717) is 6.54 Å². The number of hydrogen-bond acceptors (Lipinski definition) is 1. The van der Waals surface area contributed by atoms with E-state index in [4.69, 9.17) is 0 Å². The predicted octanol–water partition coefficient (Wildman–Crippen LogP) is 3.44. The molecule has 15 heavy (non-hydrogen) atoms. The van der Waals surface area contributed by atoms with E-state index in [9.17, 15) is 4.79 Å². The summed E-state index contributed by atoms with van der Waals surface area (Å²) in [5, 5.41) is 5.11. The summed E-state index contributed by atoms with van der Waals surface area (Å²) in [5.41, 5.74) is 1.13. The molecule has 0 fully saturated rings. The van der Waals surface area contributed by atoms with Crippen LogP contribution in [0.2, 0.25) is 0 Å². The number of halogens is 1. The number of amides is 1. The van der Waals surface area contributed by atoms with Crippen LogP contribution < -0.4 is 5.32 Å². The quantitative estimate of drug-likeness (QED) is 0.653. The molecule has 2 rings (SSSR count). The molecule has 0 aliphatic carbocycles. The summed E-state index contributed by atoms with van der Waals surface area (Å²) >= 11 is 2.85. The number of carbonyl (C=O) groups excluding carboxylic acids is 1. The summed E-state index contributed by atoms with van der Waals surface area (Å²) in [5.74, 6) is 0. The first-order valence-electron chi connectivity index (χ1n) is 4.67. The molecule has 0 spiro atoms. The van der Waals surface area contributed by atoms with Gasteiger partial charge in [0, 0.05) is 22.5 Å². The molecule has 1 amide bonds. The van der Waals surface area contributed by atoms with Gasteiger partial charge in [0.05, 0.1) is 0 Å². The van der Waals surface area contributed by atoms with Crippen LogP contribution in [0.3, 0.4) is 0 Å². The second-order valence-electron chi connectivity index (χ2n) is 3.27. The highest BCUT2D eigenvalue weighted by Crippen LogP contribution is 2.18. The van der Waals surface area contributed by atoms with Crippen LogP contribution in [0.1, 0.15) is 5.56 Å². The minimum absolute atomic E-state index is 0.185. The Morgan fingerprint density at radius 2 is 1.87 bits per heavy atom. The Morgan fingerprint density at radius 1 is 1.13 bits per heavy atom. The van der Waals surface area contributed by atoms with Crippen molar-refractivity contribution >= 4 is 31.5 Å². The normalized spacial score (nSPS) is 10.2. The lowest BCUT2D eigenvalue weighted by Gasteiger charge is -2.06. The average molecular weight is 264 g/mol. The molecule has 0 bridgehead atoms. The third kappa shape index (κ3) is 2.36. The maximum absolute atomic E-state index is 10.8. The summed E-state index contributed by atoms with van der Waals surface area (Å²) in [6.07, 6.45) is 0.